The quantitative estimate of drug-likeness (QED) is 0.862. The normalized spacial score (nSPS) is 17.1. The molecule has 0 bridgehead atoms. The summed E-state index contributed by atoms with van der Waals surface area (Å²) in [5.74, 6) is -1.00. The molecule has 0 radical (unpaired) electrons. The van der Waals surface area contributed by atoms with E-state index in [-0.39, 0.29) is 10.8 Å². The number of hydrogen-bond donors (Lipinski definition) is 2. The zero-order chi connectivity index (χ0) is 14.8. The molecule has 1 aromatic rings. The van der Waals surface area contributed by atoms with Crippen LogP contribution >= 0.6 is 0 Å². The van der Waals surface area contributed by atoms with Crippen molar-refractivity contribution in [2.45, 2.75) is 17.7 Å². The van der Waals surface area contributed by atoms with Crippen molar-refractivity contribution >= 4 is 21.7 Å². The maximum Gasteiger partial charge on any atom is 0.306 e. The van der Waals surface area contributed by atoms with Crippen LogP contribution in [0.15, 0.2) is 29.2 Å². The second-order valence-corrected chi connectivity index (χ2v) is 6.69. The summed E-state index contributed by atoms with van der Waals surface area (Å²) in [6, 6.07) is 6.63. The van der Waals surface area contributed by atoms with Crippen molar-refractivity contribution in [2.75, 3.05) is 25.0 Å². The Labute approximate surface area is 118 Å². The van der Waals surface area contributed by atoms with E-state index in [0.29, 0.717) is 25.9 Å². The smallest absolute Gasteiger partial charge is 0.306 e. The van der Waals surface area contributed by atoms with E-state index in [9.17, 15) is 13.2 Å². The van der Waals surface area contributed by atoms with Gasteiger partial charge < -0.3 is 10.0 Å². The molecule has 0 saturated carbocycles. The van der Waals surface area contributed by atoms with Crippen molar-refractivity contribution in [1.82, 2.24) is 4.72 Å². The summed E-state index contributed by atoms with van der Waals surface area (Å²) < 4.78 is 25.5. The maximum atomic E-state index is 11.6. The largest absolute Gasteiger partial charge is 0.481 e. The predicted octanol–water partition coefficient (Wildman–Crippen LogP) is 0.896. The number of hydrogen-bond acceptors (Lipinski definition) is 4. The molecule has 110 valence electrons. The van der Waals surface area contributed by atoms with Gasteiger partial charge in [0.25, 0.3) is 0 Å². The number of carboxylic acid groups (broad SMARTS) is 1. The molecule has 1 saturated heterocycles. The number of sulfonamides is 1. The minimum atomic E-state index is -3.41. The van der Waals surface area contributed by atoms with Crippen molar-refractivity contribution in [2.24, 2.45) is 5.92 Å². The summed E-state index contributed by atoms with van der Waals surface area (Å²) >= 11 is 0. The van der Waals surface area contributed by atoms with Gasteiger partial charge >= 0.3 is 5.97 Å². The number of benzene rings is 1. The highest BCUT2D eigenvalue weighted by atomic mass is 32.2. The summed E-state index contributed by atoms with van der Waals surface area (Å²) in [4.78, 5) is 13.2. The highest BCUT2D eigenvalue weighted by Gasteiger charge is 2.24. The Morgan fingerprint density at radius 3 is 2.25 bits per heavy atom. The van der Waals surface area contributed by atoms with Gasteiger partial charge in [-0.15, -0.1) is 0 Å². The zero-order valence-electron chi connectivity index (χ0n) is 11.2. The molecule has 1 aliphatic rings. The fourth-order valence-corrected chi connectivity index (χ4v) is 3.07. The lowest BCUT2D eigenvalue weighted by atomic mass is 9.97. The SMILES string of the molecule is CNS(=O)(=O)c1ccc(N2CCC(C(=O)O)CC2)cc1. The number of anilines is 1. The number of carbonyl (C=O) groups is 1. The number of piperidine rings is 1. The van der Waals surface area contributed by atoms with Crippen LogP contribution in [0.5, 0.6) is 0 Å². The van der Waals surface area contributed by atoms with E-state index < -0.39 is 16.0 Å². The molecule has 0 unspecified atom stereocenters. The van der Waals surface area contributed by atoms with Gasteiger partial charge in [0.2, 0.25) is 10.0 Å². The van der Waals surface area contributed by atoms with E-state index in [0.717, 1.165) is 5.69 Å². The van der Waals surface area contributed by atoms with Crippen LogP contribution < -0.4 is 9.62 Å². The average Bonchev–Trinajstić information content (AvgIpc) is 2.47. The van der Waals surface area contributed by atoms with Crippen molar-refractivity contribution < 1.29 is 18.3 Å². The van der Waals surface area contributed by atoms with E-state index in [4.69, 9.17) is 5.11 Å². The third kappa shape index (κ3) is 3.10. The molecule has 20 heavy (non-hydrogen) atoms. The van der Waals surface area contributed by atoms with E-state index in [2.05, 4.69) is 9.62 Å². The van der Waals surface area contributed by atoms with Gasteiger partial charge in [-0.05, 0) is 44.2 Å². The fraction of sp³-hybridized carbons (Fsp3) is 0.462. The van der Waals surface area contributed by atoms with Gasteiger partial charge in [-0.3, -0.25) is 4.79 Å². The van der Waals surface area contributed by atoms with E-state index in [1.807, 2.05) is 0 Å². The zero-order valence-corrected chi connectivity index (χ0v) is 12.1. The molecule has 0 aliphatic carbocycles. The number of rotatable bonds is 4. The first-order chi connectivity index (χ1) is 9.44. The predicted molar refractivity (Wildman–Crippen MR) is 75.3 cm³/mol. The first kappa shape index (κ1) is 14.8. The molecular formula is C13H18N2O4S. The van der Waals surface area contributed by atoms with E-state index in [1.165, 1.54) is 7.05 Å². The standard InChI is InChI=1S/C13H18N2O4S/c1-14-20(18,19)12-4-2-11(3-5-12)15-8-6-10(7-9-15)13(16)17/h2-5,10,14H,6-9H2,1H3,(H,16,17). The van der Waals surface area contributed by atoms with Crippen molar-refractivity contribution in [1.29, 1.82) is 0 Å². The number of nitrogens with one attached hydrogen (secondary N) is 1. The van der Waals surface area contributed by atoms with Crippen LogP contribution in [0, 0.1) is 5.92 Å². The second-order valence-electron chi connectivity index (χ2n) is 4.80. The number of aliphatic carboxylic acids is 1. The Kier molecular flexibility index (Phi) is 4.29. The van der Waals surface area contributed by atoms with Gasteiger partial charge in [-0.2, -0.15) is 0 Å². The van der Waals surface area contributed by atoms with Crippen molar-refractivity contribution in [3.8, 4) is 0 Å². The lowest BCUT2D eigenvalue weighted by Gasteiger charge is -2.32. The molecule has 1 aromatic carbocycles. The lowest BCUT2D eigenvalue weighted by Crippen LogP contribution is -2.36. The molecule has 0 amide bonds. The summed E-state index contributed by atoms with van der Waals surface area (Å²) in [6.45, 7) is 1.35. The van der Waals surface area contributed by atoms with Gasteiger partial charge in [-0.25, -0.2) is 13.1 Å². The maximum absolute atomic E-state index is 11.6. The Balaban J connectivity index is 2.07. The Morgan fingerprint density at radius 1 is 1.25 bits per heavy atom. The minimum absolute atomic E-state index is 0.226. The van der Waals surface area contributed by atoms with Crippen LogP contribution in [0.4, 0.5) is 5.69 Å². The molecule has 1 aliphatic heterocycles. The molecule has 1 fully saturated rings. The van der Waals surface area contributed by atoms with Crippen LogP contribution in [-0.2, 0) is 14.8 Å². The Bertz CT molecular complexity index is 575. The Morgan fingerprint density at radius 2 is 1.80 bits per heavy atom. The van der Waals surface area contributed by atoms with E-state index in [1.54, 1.807) is 24.3 Å². The first-order valence-electron chi connectivity index (χ1n) is 6.45. The van der Waals surface area contributed by atoms with Crippen LogP contribution in [-0.4, -0.2) is 39.6 Å². The minimum Gasteiger partial charge on any atom is -0.481 e. The second kappa shape index (κ2) is 5.80. The first-order valence-corrected chi connectivity index (χ1v) is 7.94. The molecule has 1 heterocycles. The molecule has 0 aromatic heterocycles. The highest BCUT2D eigenvalue weighted by Crippen LogP contribution is 2.24. The molecule has 0 atom stereocenters. The highest BCUT2D eigenvalue weighted by molar-refractivity contribution is 7.89. The van der Waals surface area contributed by atoms with Gasteiger partial charge in [0.15, 0.2) is 0 Å². The van der Waals surface area contributed by atoms with Crippen LogP contribution in [0.2, 0.25) is 0 Å². The van der Waals surface area contributed by atoms with Crippen LogP contribution in [0.25, 0.3) is 0 Å². The lowest BCUT2D eigenvalue weighted by molar-refractivity contribution is -0.142. The average molecular weight is 298 g/mol. The third-order valence-corrected chi connectivity index (χ3v) is 5.06. The third-order valence-electron chi connectivity index (χ3n) is 3.63. The number of carboxylic acids is 1. The fourth-order valence-electron chi connectivity index (χ4n) is 2.34. The topological polar surface area (TPSA) is 86.7 Å². The molecular weight excluding hydrogens is 280 g/mol. The van der Waals surface area contributed by atoms with Crippen molar-refractivity contribution in [3.05, 3.63) is 24.3 Å². The molecule has 7 heteroatoms. The molecule has 2 N–H and O–H groups in total. The van der Waals surface area contributed by atoms with Crippen molar-refractivity contribution in [3.63, 3.8) is 0 Å². The summed E-state index contributed by atoms with van der Waals surface area (Å²) in [6.07, 6.45) is 1.23. The molecule has 2 rings (SSSR count). The Hall–Kier alpha value is -1.60. The van der Waals surface area contributed by atoms with Gasteiger partial charge in [-0.1, -0.05) is 0 Å². The van der Waals surface area contributed by atoms with Crippen LogP contribution in [0.1, 0.15) is 12.8 Å². The summed E-state index contributed by atoms with van der Waals surface area (Å²) in [7, 11) is -2.04. The molecule has 6 nitrogen and oxygen atoms in total. The van der Waals surface area contributed by atoms with Gasteiger partial charge in [0, 0.05) is 18.8 Å². The monoisotopic (exact) mass is 298 g/mol. The summed E-state index contributed by atoms with van der Waals surface area (Å²) in [5, 5.41) is 8.96. The number of nitrogens with zero attached hydrogens (tertiary/aromatic N) is 1. The molecule has 0 spiro atoms. The van der Waals surface area contributed by atoms with Crippen LogP contribution in [0.3, 0.4) is 0 Å². The van der Waals surface area contributed by atoms with Gasteiger partial charge in [0.05, 0.1) is 10.8 Å². The van der Waals surface area contributed by atoms with Gasteiger partial charge in [0.1, 0.15) is 0 Å². The van der Waals surface area contributed by atoms with E-state index >= 15 is 0 Å². The summed E-state index contributed by atoms with van der Waals surface area (Å²) in [5.41, 5.74) is 0.920.